The van der Waals surface area contributed by atoms with E-state index in [0.717, 1.165) is 32.2 Å². The van der Waals surface area contributed by atoms with Gasteiger partial charge in [0.2, 0.25) is 0 Å². The summed E-state index contributed by atoms with van der Waals surface area (Å²) >= 11 is 0. The van der Waals surface area contributed by atoms with E-state index in [-0.39, 0.29) is 18.5 Å². The Morgan fingerprint density at radius 1 is 1.17 bits per heavy atom. The van der Waals surface area contributed by atoms with E-state index in [4.69, 9.17) is 0 Å². The molecule has 3 rings (SSSR count). The molecule has 23 heavy (non-hydrogen) atoms. The number of rotatable bonds is 6. The molecule has 2 saturated carbocycles. The maximum atomic E-state index is 13.0. The Morgan fingerprint density at radius 3 is 2.52 bits per heavy atom. The summed E-state index contributed by atoms with van der Waals surface area (Å²) in [5.74, 6) is -0.533. The topological polar surface area (TPSA) is 75.4 Å². The van der Waals surface area contributed by atoms with E-state index in [1.165, 1.54) is 25.7 Å². The van der Waals surface area contributed by atoms with Crippen LogP contribution in [0.2, 0.25) is 0 Å². The van der Waals surface area contributed by atoms with Crippen molar-refractivity contribution in [2.45, 2.75) is 64.0 Å². The van der Waals surface area contributed by atoms with Gasteiger partial charge in [0, 0.05) is 18.8 Å². The average molecular weight is 319 g/mol. The van der Waals surface area contributed by atoms with Crippen LogP contribution in [0.15, 0.2) is 12.3 Å². The van der Waals surface area contributed by atoms with Crippen LogP contribution in [-0.2, 0) is 11.3 Å². The summed E-state index contributed by atoms with van der Waals surface area (Å²) in [5, 5.41) is 13.5. The number of hydrogen-bond donors (Lipinski definition) is 1. The van der Waals surface area contributed by atoms with Crippen LogP contribution in [0.1, 0.15) is 61.9 Å². The fourth-order valence-corrected chi connectivity index (χ4v) is 3.63. The first-order chi connectivity index (χ1) is 11.1. The first kappa shape index (κ1) is 16.0. The zero-order valence-electron chi connectivity index (χ0n) is 13.5. The van der Waals surface area contributed by atoms with Crippen molar-refractivity contribution >= 4 is 11.9 Å². The Hall–Kier alpha value is -1.85. The van der Waals surface area contributed by atoms with Gasteiger partial charge in [-0.25, -0.2) is 0 Å². The van der Waals surface area contributed by atoms with Gasteiger partial charge in [0.1, 0.15) is 12.2 Å². The molecular weight excluding hydrogens is 294 g/mol. The minimum Gasteiger partial charge on any atom is -0.480 e. The van der Waals surface area contributed by atoms with Crippen molar-refractivity contribution in [3.05, 3.63) is 18.0 Å². The molecule has 0 aliphatic heterocycles. The Kier molecular flexibility index (Phi) is 4.98. The minimum absolute atomic E-state index is 0.0411. The minimum atomic E-state index is -0.950. The second-order valence-corrected chi connectivity index (χ2v) is 6.81. The molecule has 2 fully saturated rings. The summed E-state index contributed by atoms with van der Waals surface area (Å²) in [6.07, 6.45) is 10.4. The summed E-state index contributed by atoms with van der Waals surface area (Å²) in [4.78, 5) is 25.7. The van der Waals surface area contributed by atoms with E-state index >= 15 is 0 Å². The van der Waals surface area contributed by atoms with Crippen molar-refractivity contribution in [1.29, 1.82) is 0 Å². The lowest BCUT2D eigenvalue weighted by Gasteiger charge is -2.33. The van der Waals surface area contributed by atoms with E-state index in [0.29, 0.717) is 11.6 Å². The molecule has 0 spiro atoms. The van der Waals surface area contributed by atoms with E-state index in [1.807, 2.05) is 0 Å². The number of carboxylic acid groups (broad SMARTS) is 1. The maximum Gasteiger partial charge on any atom is 0.323 e. The molecule has 126 valence electrons. The highest BCUT2D eigenvalue weighted by atomic mass is 16.4. The molecule has 0 radical (unpaired) electrons. The monoisotopic (exact) mass is 319 g/mol. The molecule has 1 heterocycles. The molecule has 1 aromatic heterocycles. The van der Waals surface area contributed by atoms with Gasteiger partial charge in [-0.15, -0.1) is 0 Å². The Labute approximate surface area is 136 Å². The standard InChI is InChI=1S/C17H25N3O3/c21-16(22)12-19(14-7-2-1-3-8-14)17(23)15-9-10-18-20(15)11-13-5-4-6-13/h9-10,13-14H,1-8,11-12H2,(H,21,22). The molecular formula is C17H25N3O3. The van der Waals surface area contributed by atoms with E-state index < -0.39 is 5.97 Å². The summed E-state index contributed by atoms with van der Waals surface area (Å²) in [5.41, 5.74) is 0.531. The maximum absolute atomic E-state index is 13.0. The van der Waals surface area contributed by atoms with E-state index in [1.54, 1.807) is 21.8 Å². The van der Waals surface area contributed by atoms with Crippen LogP contribution < -0.4 is 0 Å². The second kappa shape index (κ2) is 7.15. The van der Waals surface area contributed by atoms with E-state index in [2.05, 4.69) is 5.10 Å². The Morgan fingerprint density at radius 2 is 1.91 bits per heavy atom. The molecule has 0 aromatic carbocycles. The molecule has 2 aliphatic carbocycles. The van der Waals surface area contributed by atoms with Gasteiger partial charge in [-0.05, 0) is 37.7 Å². The second-order valence-electron chi connectivity index (χ2n) is 6.81. The third-order valence-electron chi connectivity index (χ3n) is 5.17. The van der Waals surface area contributed by atoms with Crippen LogP contribution in [0.25, 0.3) is 0 Å². The lowest BCUT2D eigenvalue weighted by Crippen LogP contribution is -2.45. The van der Waals surface area contributed by atoms with Gasteiger partial charge in [-0.2, -0.15) is 5.10 Å². The summed E-state index contributed by atoms with van der Waals surface area (Å²) < 4.78 is 1.77. The first-order valence-corrected chi connectivity index (χ1v) is 8.69. The summed E-state index contributed by atoms with van der Waals surface area (Å²) in [7, 11) is 0. The molecule has 0 atom stereocenters. The van der Waals surface area contributed by atoms with Crippen LogP contribution >= 0.6 is 0 Å². The molecule has 0 bridgehead atoms. The highest BCUT2D eigenvalue weighted by Gasteiger charge is 2.30. The number of carboxylic acids is 1. The number of carbonyl (C=O) groups is 2. The van der Waals surface area contributed by atoms with E-state index in [9.17, 15) is 14.7 Å². The van der Waals surface area contributed by atoms with Crippen molar-refractivity contribution < 1.29 is 14.7 Å². The highest BCUT2D eigenvalue weighted by Crippen LogP contribution is 2.28. The van der Waals surface area contributed by atoms with Crippen molar-refractivity contribution in [3.8, 4) is 0 Å². The SMILES string of the molecule is O=C(O)CN(C(=O)c1ccnn1CC1CCC1)C1CCCCC1. The predicted octanol–water partition coefficient (Wildman–Crippen LogP) is 2.54. The zero-order valence-corrected chi connectivity index (χ0v) is 13.5. The highest BCUT2D eigenvalue weighted by molar-refractivity contribution is 5.94. The van der Waals surface area contributed by atoms with Crippen LogP contribution in [0.3, 0.4) is 0 Å². The smallest absolute Gasteiger partial charge is 0.323 e. The van der Waals surface area contributed by atoms with Crippen molar-refractivity contribution in [2.24, 2.45) is 5.92 Å². The van der Waals surface area contributed by atoms with Crippen molar-refractivity contribution in [2.75, 3.05) is 6.54 Å². The lowest BCUT2D eigenvalue weighted by atomic mass is 9.85. The molecule has 1 N–H and O–H groups in total. The molecule has 6 heteroatoms. The molecule has 1 amide bonds. The van der Waals surface area contributed by atoms with Crippen LogP contribution in [0, 0.1) is 5.92 Å². The Bertz CT molecular complexity index is 559. The van der Waals surface area contributed by atoms with Crippen LogP contribution in [-0.4, -0.2) is 44.3 Å². The third kappa shape index (κ3) is 3.74. The van der Waals surface area contributed by atoms with Crippen molar-refractivity contribution in [3.63, 3.8) is 0 Å². The third-order valence-corrected chi connectivity index (χ3v) is 5.17. The molecule has 1 aromatic rings. The predicted molar refractivity (Wildman–Crippen MR) is 85.1 cm³/mol. The Balaban J connectivity index is 1.76. The normalized spacial score (nSPS) is 19.3. The number of aromatic nitrogens is 2. The molecule has 0 unspecified atom stereocenters. The lowest BCUT2D eigenvalue weighted by molar-refractivity contribution is -0.138. The number of hydrogen-bond acceptors (Lipinski definition) is 3. The van der Waals surface area contributed by atoms with Gasteiger partial charge >= 0.3 is 5.97 Å². The average Bonchev–Trinajstić information content (AvgIpc) is 2.97. The fraction of sp³-hybridized carbons (Fsp3) is 0.706. The molecule has 0 saturated heterocycles. The van der Waals surface area contributed by atoms with Crippen LogP contribution in [0.4, 0.5) is 0 Å². The van der Waals surface area contributed by atoms with Gasteiger partial charge in [0.15, 0.2) is 0 Å². The van der Waals surface area contributed by atoms with Gasteiger partial charge < -0.3 is 10.0 Å². The van der Waals surface area contributed by atoms with Gasteiger partial charge in [-0.1, -0.05) is 25.7 Å². The fourth-order valence-electron chi connectivity index (χ4n) is 3.63. The molecule has 2 aliphatic rings. The number of aliphatic carboxylic acids is 1. The largest absolute Gasteiger partial charge is 0.480 e. The van der Waals surface area contributed by atoms with Crippen molar-refractivity contribution in [1.82, 2.24) is 14.7 Å². The van der Waals surface area contributed by atoms with Gasteiger partial charge in [0.25, 0.3) is 5.91 Å². The molecule has 6 nitrogen and oxygen atoms in total. The summed E-state index contributed by atoms with van der Waals surface area (Å²) in [6.45, 7) is 0.539. The zero-order chi connectivity index (χ0) is 16.2. The first-order valence-electron chi connectivity index (χ1n) is 8.69. The van der Waals surface area contributed by atoms with Gasteiger partial charge in [-0.3, -0.25) is 14.3 Å². The van der Waals surface area contributed by atoms with Crippen LogP contribution in [0.5, 0.6) is 0 Å². The summed E-state index contributed by atoms with van der Waals surface area (Å²) in [6, 6.07) is 1.76. The number of amides is 1. The van der Waals surface area contributed by atoms with Gasteiger partial charge in [0.05, 0.1) is 0 Å². The number of nitrogens with zero attached hydrogens (tertiary/aromatic N) is 3. The quantitative estimate of drug-likeness (QED) is 0.874. The number of carbonyl (C=O) groups excluding carboxylic acids is 1.